The van der Waals surface area contributed by atoms with Gasteiger partial charge < -0.3 is 16.2 Å². The van der Waals surface area contributed by atoms with Crippen LogP contribution in [0.4, 0.5) is 5.82 Å². The van der Waals surface area contributed by atoms with Gasteiger partial charge in [0.05, 0.1) is 5.56 Å². The minimum Gasteiger partial charge on any atom is -0.478 e. The fourth-order valence-electron chi connectivity index (χ4n) is 1.45. The van der Waals surface area contributed by atoms with E-state index in [1.165, 1.54) is 0 Å². The van der Waals surface area contributed by atoms with Crippen LogP contribution in [0, 0.1) is 0 Å². The molecule has 0 aliphatic rings. The van der Waals surface area contributed by atoms with E-state index in [1.807, 2.05) is 20.8 Å². The largest absolute Gasteiger partial charge is 0.478 e. The fraction of sp³-hybridized carbons (Fsp3) is 0.538. The summed E-state index contributed by atoms with van der Waals surface area (Å²) in [4.78, 5) is 15.5. The van der Waals surface area contributed by atoms with Gasteiger partial charge in [0, 0.05) is 17.7 Å². The first-order valence-corrected chi connectivity index (χ1v) is 6.04. The molecule has 1 heterocycles. The molecule has 0 unspecified atom stereocenters. The minimum atomic E-state index is -0.940. The summed E-state index contributed by atoms with van der Waals surface area (Å²) in [5.41, 5.74) is 6.25. The van der Waals surface area contributed by atoms with Gasteiger partial charge in [-0.2, -0.15) is 0 Å². The molecular weight excluding hydrogens is 230 g/mol. The molecule has 0 saturated heterocycles. The van der Waals surface area contributed by atoms with Crippen molar-refractivity contribution < 1.29 is 9.90 Å². The van der Waals surface area contributed by atoms with Crippen LogP contribution in [0.1, 0.15) is 43.2 Å². The van der Waals surface area contributed by atoms with E-state index in [1.54, 1.807) is 12.1 Å². The standard InChI is InChI=1S/C13H21N3O2/c1-13(2,3)10-7-9(12(17)18)8-11(16-10)15-6-4-5-14/h7-8H,4-6,14H2,1-3H3,(H,15,16)(H,17,18). The van der Waals surface area contributed by atoms with E-state index in [9.17, 15) is 4.79 Å². The van der Waals surface area contributed by atoms with Gasteiger partial charge in [0.15, 0.2) is 0 Å². The lowest BCUT2D eigenvalue weighted by Crippen LogP contribution is -2.17. The third kappa shape index (κ3) is 4.00. The third-order valence-corrected chi connectivity index (χ3v) is 2.53. The maximum Gasteiger partial charge on any atom is 0.335 e. The SMILES string of the molecule is CC(C)(C)c1cc(C(=O)O)cc(NCCCN)n1. The summed E-state index contributed by atoms with van der Waals surface area (Å²) in [6, 6.07) is 3.17. The Bertz CT molecular complexity index is 425. The number of carboxylic acids is 1. The second-order valence-corrected chi connectivity index (χ2v) is 5.25. The highest BCUT2D eigenvalue weighted by atomic mass is 16.4. The van der Waals surface area contributed by atoms with Gasteiger partial charge >= 0.3 is 5.97 Å². The molecule has 0 radical (unpaired) electrons. The van der Waals surface area contributed by atoms with Crippen molar-refractivity contribution in [3.05, 3.63) is 23.4 Å². The van der Waals surface area contributed by atoms with Gasteiger partial charge in [-0.25, -0.2) is 9.78 Å². The van der Waals surface area contributed by atoms with E-state index >= 15 is 0 Å². The summed E-state index contributed by atoms with van der Waals surface area (Å²) in [5, 5.41) is 12.2. The smallest absolute Gasteiger partial charge is 0.335 e. The highest BCUT2D eigenvalue weighted by molar-refractivity contribution is 5.88. The number of anilines is 1. The van der Waals surface area contributed by atoms with Crippen molar-refractivity contribution in [3.8, 4) is 0 Å². The fourth-order valence-corrected chi connectivity index (χ4v) is 1.45. The molecule has 0 aromatic carbocycles. The first kappa shape index (κ1) is 14.4. The molecule has 1 rings (SSSR count). The van der Waals surface area contributed by atoms with Gasteiger partial charge in [0.2, 0.25) is 0 Å². The third-order valence-electron chi connectivity index (χ3n) is 2.53. The molecule has 0 amide bonds. The van der Waals surface area contributed by atoms with Crippen molar-refractivity contribution >= 4 is 11.8 Å². The molecular formula is C13H21N3O2. The lowest BCUT2D eigenvalue weighted by atomic mass is 9.91. The van der Waals surface area contributed by atoms with Crippen LogP contribution >= 0.6 is 0 Å². The number of hydrogen-bond donors (Lipinski definition) is 3. The zero-order valence-electron chi connectivity index (χ0n) is 11.2. The number of aromatic carboxylic acids is 1. The van der Waals surface area contributed by atoms with Crippen molar-refractivity contribution in [2.75, 3.05) is 18.4 Å². The van der Waals surface area contributed by atoms with E-state index < -0.39 is 5.97 Å². The highest BCUT2D eigenvalue weighted by Crippen LogP contribution is 2.23. The van der Waals surface area contributed by atoms with Crippen LogP contribution in [-0.2, 0) is 5.41 Å². The number of aromatic nitrogens is 1. The molecule has 5 nitrogen and oxygen atoms in total. The van der Waals surface area contributed by atoms with Crippen LogP contribution in [0.5, 0.6) is 0 Å². The number of carbonyl (C=O) groups is 1. The van der Waals surface area contributed by atoms with Crippen molar-refractivity contribution in [2.24, 2.45) is 5.73 Å². The normalized spacial score (nSPS) is 11.3. The molecule has 100 valence electrons. The molecule has 1 aromatic heterocycles. The summed E-state index contributed by atoms with van der Waals surface area (Å²) in [5.74, 6) is -0.349. The molecule has 0 fully saturated rings. The summed E-state index contributed by atoms with van der Waals surface area (Å²) in [6.45, 7) is 7.30. The maximum atomic E-state index is 11.1. The average Bonchev–Trinajstić information content (AvgIpc) is 2.28. The van der Waals surface area contributed by atoms with Crippen molar-refractivity contribution in [3.63, 3.8) is 0 Å². The Morgan fingerprint density at radius 1 is 1.44 bits per heavy atom. The van der Waals surface area contributed by atoms with Gasteiger partial charge in [0.25, 0.3) is 0 Å². The Balaban J connectivity index is 3.03. The van der Waals surface area contributed by atoms with Crippen molar-refractivity contribution in [1.29, 1.82) is 0 Å². The zero-order chi connectivity index (χ0) is 13.8. The number of nitrogens with zero attached hydrogens (tertiary/aromatic N) is 1. The van der Waals surface area contributed by atoms with Crippen LogP contribution in [0.2, 0.25) is 0 Å². The molecule has 18 heavy (non-hydrogen) atoms. The maximum absolute atomic E-state index is 11.1. The first-order valence-electron chi connectivity index (χ1n) is 6.04. The van der Waals surface area contributed by atoms with E-state index in [0.717, 1.165) is 12.1 Å². The number of pyridine rings is 1. The Morgan fingerprint density at radius 3 is 2.61 bits per heavy atom. The molecule has 5 heteroatoms. The second-order valence-electron chi connectivity index (χ2n) is 5.25. The Kier molecular flexibility index (Phi) is 4.67. The van der Waals surface area contributed by atoms with Gasteiger partial charge in [-0.3, -0.25) is 0 Å². The lowest BCUT2D eigenvalue weighted by molar-refractivity contribution is 0.0696. The first-order chi connectivity index (χ1) is 8.34. The lowest BCUT2D eigenvalue weighted by Gasteiger charge is -2.19. The summed E-state index contributed by atoms with van der Waals surface area (Å²) in [7, 11) is 0. The van der Waals surface area contributed by atoms with Crippen LogP contribution in [0.3, 0.4) is 0 Å². The predicted molar refractivity (Wildman–Crippen MR) is 72.1 cm³/mol. The number of nitrogens with two attached hydrogens (primary N) is 1. The van der Waals surface area contributed by atoms with E-state index in [2.05, 4.69) is 10.3 Å². The van der Waals surface area contributed by atoms with Gasteiger partial charge in [0.1, 0.15) is 5.82 Å². The second kappa shape index (κ2) is 5.82. The number of hydrogen-bond acceptors (Lipinski definition) is 4. The predicted octanol–water partition coefficient (Wildman–Crippen LogP) is 1.84. The van der Waals surface area contributed by atoms with Crippen LogP contribution in [0.25, 0.3) is 0 Å². The molecule has 4 N–H and O–H groups in total. The number of nitrogens with one attached hydrogen (secondary N) is 1. The van der Waals surface area contributed by atoms with Gasteiger partial charge in [-0.1, -0.05) is 20.8 Å². The number of rotatable bonds is 5. The molecule has 0 saturated carbocycles. The van der Waals surface area contributed by atoms with Gasteiger partial charge in [-0.15, -0.1) is 0 Å². The Labute approximate surface area is 107 Å². The number of carboxylic acid groups (broad SMARTS) is 1. The van der Waals surface area contributed by atoms with Gasteiger partial charge in [-0.05, 0) is 25.1 Å². The quantitative estimate of drug-likeness (QED) is 0.695. The molecule has 0 bridgehead atoms. The van der Waals surface area contributed by atoms with E-state index in [-0.39, 0.29) is 11.0 Å². The monoisotopic (exact) mass is 251 g/mol. The minimum absolute atomic E-state index is 0.185. The van der Waals surface area contributed by atoms with E-state index in [4.69, 9.17) is 10.8 Å². The molecule has 0 atom stereocenters. The highest BCUT2D eigenvalue weighted by Gasteiger charge is 2.18. The van der Waals surface area contributed by atoms with Crippen LogP contribution < -0.4 is 11.1 Å². The zero-order valence-corrected chi connectivity index (χ0v) is 11.2. The topological polar surface area (TPSA) is 88.2 Å². The Morgan fingerprint density at radius 2 is 2.11 bits per heavy atom. The Hall–Kier alpha value is -1.62. The summed E-state index contributed by atoms with van der Waals surface area (Å²) >= 11 is 0. The molecule has 0 aliphatic carbocycles. The van der Waals surface area contributed by atoms with Crippen molar-refractivity contribution in [2.45, 2.75) is 32.6 Å². The summed E-state index contributed by atoms with van der Waals surface area (Å²) < 4.78 is 0. The van der Waals surface area contributed by atoms with Crippen LogP contribution in [-0.4, -0.2) is 29.1 Å². The molecule has 0 aliphatic heterocycles. The molecule has 1 aromatic rings. The average molecular weight is 251 g/mol. The van der Waals surface area contributed by atoms with E-state index in [0.29, 0.717) is 18.9 Å². The summed E-state index contributed by atoms with van der Waals surface area (Å²) in [6.07, 6.45) is 0.823. The van der Waals surface area contributed by atoms with Crippen molar-refractivity contribution in [1.82, 2.24) is 4.98 Å². The molecule has 0 spiro atoms. The van der Waals surface area contributed by atoms with Crippen LogP contribution in [0.15, 0.2) is 12.1 Å².